The molecule has 3 aromatic heterocycles. The third-order valence-corrected chi connectivity index (χ3v) is 6.14. The number of hydrogen-bond acceptors (Lipinski definition) is 5. The van der Waals surface area contributed by atoms with Gasteiger partial charge in [-0.15, -0.1) is 10.2 Å². The molecule has 4 heterocycles. The molecular weight excluding hydrogens is 406 g/mol. The van der Waals surface area contributed by atoms with Crippen LogP contribution in [0.3, 0.4) is 0 Å². The van der Waals surface area contributed by atoms with E-state index in [1.54, 1.807) is 7.11 Å². The number of carbonyl (C=O) groups is 1. The molecule has 4 aromatic rings. The van der Waals surface area contributed by atoms with Crippen LogP contribution < -0.4 is 4.74 Å². The summed E-state index contributed by atoms with van der Waals surface area (Å²) in [5.74, 6) is 1.81. The van der Waals surface area contributed by atoms with Gasteiger partial charge in [-0.3, -0.25) is 9.20 Å². The van der Waals surface area contributed by atoms with Gasteiger partial charge in [0, 0.05) is 50.4 Å². The molecule has 1 aliphatic rings. The first-order valence-corrected chi connectivity index (χ1v) is 11.0. The number of amides is 1. The largest absolute Gasteiger partial charge is 0.483 e. The molecule has 0 radical (unpaired) electrons. The zero-order chi connectivity index (χ0) is 21.9. The van der Waals surface area contributed by atoms with Crippen molar-refractivity contribution in [2.45, 2.75) is 25.3 Å². The number of benzene rings is 1. The molecule has 166 valence electrons. The van der Waals surface area contributed by atoms with Gasteiger partial charge in [0.2, 0.25) is 0 Å². The lowest BCUT2D eigenvalue weighted by molar-refractivity contribution is -0.134. The molecule has 0 saturated carbocycles. The van der Waals surface area contributed by atoms with Crippen LogP contribution in [0.5, 0.6) is 5.75 Å². The molecule has 8 heteroatoms. The summed E-state index contributed by atoms with van der Waals surface area (Å²) in [6.07, 6.45) is 5.94. The normalized spacial score (nSPS) is 16.7. The van der Waals surface area contributed by atoms with Gasteiger partial charge in [0.15, 0.2) is 12.3 Å². The van der Waals surface area contributed by atoms with Crippen molar-refractivity contribution in [1.29, 1.82) is 0 Å². The first kappa shape index (κ1) is 20.5. The Balaban J connectivity index is 1.26. The fraction of sp³-hybridized carbons (Fsp3) is 0.375. The predicted octanol–water partition coefficient (Wildman–Crippen LogP) is 3.12. The van der Waals surface area contributed by atoms with Crippen LogP contribution in [0.15, 0.2) is 54.9 Å². The Morgan fingerprint density at radius 3 is 2.97 bits per heavy atom. The summed E-state index contributed by atoms with van der Waals surface area (Å²) in [4.78, 5) is 14.9. The zero-order valence-corrected chi connectivity index (χ0v) is 18.2. The molecule has 8 nitrogen and oxygen atoms in total. The molecule has 1 amide bonds. The van der Waals surface area contributed by atoms with Crippen LogP contribution in [0.25, 0.3) is 16.6 Å². The van der Waals surface area contributed by atoms with Gasteiger partial charge in [-0.2, -0.15) is 0 Å². The van der Waals surface area contributed by atoms with Crippen LogP contribution in [-0.4, -0.2) is 63.4 Å². The number of methoxy groups -OCH3 is 1. The molecular formula is C24H27N5O3. The highest BCUT2D eigenvalue weighted by molar-refractivity contribution is 5.87. The molecule has 0 aliphatic carbocycles. The number of pyridine rings is 1. The van der Waals surface area contributed by atoms with Crippen LogP contribution in [-0.2, 0) is 16.1 Å². The van der Waals surface area contributed by atoms with Crippen LogP contribution >= 0.6 is 0 Å². The highest BCUT2D eigenvalue weighted by Gasteiger charge is 2.28. The van der Waals surface area contributed by atoms with Crippen molar-refractivity contribution < 1.29 is 14.3 Å². The van der Waals surface area contributed by atoms with Gasteiger partial charge in [-0.25, -0.2) is 0 Å². The van der Waals surface area contributed by atoms with Crippen molar-refractivity contribution in [1.82, 2.24) is 24.1 Å². The Hall–Kier alpha value is -3.39. The van der Waals surface area contributed by atoms with Crippen molar-refractivity contribution in [3.05, 3.63) is 60.7 Å². The SMILES string of the molecule is COCCn1ccc2c(OCC(=O)N3CCC[C@H](c4nnc5ccccn45)C3)cccc21. The fourth-order valence-corrected chi connectivity index (χ4v) is 4.49. The minimum atomic E-state index is -0.000612. The number of fused-ring (bicyclic) bond motifs is 2. The molecule has 1 saturated heterocycles. The van der Waals surface area contributed by atoms with E-state index in [0.29, 0.717) is 13.2 Å². The maximum atomic E-state index is 13.0. The van der Waals surface area contributed by atoms with Gasteiger partial charge in [-0.05, 0) is 43.2 Å². The van der Waals surface area contributed by atoms with E-state index in [1.807, 2.05) is 58.1 Å². The van der Waals surface area contributed by atoms with Gasteiger partial charge in [0.25, 0.3) is 5.91 Å². The fourth-order valence-electron chi connectivity index (χ4n) is 4.49. The Labute approximate surface area is 186 Å². The topological polar surface area (TPSA) is 73.9 Å². The van der Waals surface area contributed by atoms with Crippen molar-refractivity contribution in [3.8, 4) is 5.75 Å². The van der Waals surface area contributed by atoms with Gasteiger partial charge >= 0.3 is 0 Å². The van der Waals surface area contributed by atoms with E-state index < -0.39 is 0 Å². The van der Waals surface area contributed by atoms with Gasteiger partial charge in [0.1, 0.15) is 11.6 Å². The van der Waals surface area contributed by atoms with E-state index in [-0.39, 0.29) is 18.4 Å². The summed E-state index contributed by atoms with van der Waals surface area (Å²) in [6.45, 7) is 2.82. The summed E-state index contributed by atoms with van der Waals surface area (Å²) in [5, 5.41) is 9.66. The summed E-state index contributed by atoms with van der Waals surface area (Å²) >= 11 is 0. The molecule has 1 aromatic carbocycles. The maximum Gasteiger partial charge on any atom is 0.260 e. The number of carbonyl (C=O) groups excluding carboxylic acids is 1. The van der Waals surface area contributed by atoms with E-state index in [2.05, 4.69) is 20.8 Å². The molecule has 0 N–H and O–H groups in total. The third kappa shape index (κ3) is 3.93. The number of nitrogens with zero attached hydrogens (tertiary/aromatic N) is 5. The molecule has 1 fully saturated rings. The lowest BCUT2D eigenvalue weighted by Gasteiger charge is -2.32. The van der Waals surface area contributed by atoms with E-state index in [1.165, 1.54) is 0 Å². The minimum absolute atomic E-state index is 0.000612. The molecule has 5 rings (SSSR count). The molecule has 0 spiro atoms. The monoisotopic (exact) mass is 433 g/mol. The summed E-state index contributed by atoms with van der Waals surface area (Å²) < 4.78 is 15.3. The second-order valence-corrected chi connectivity index (χ2v) is 8.15. The van der Waals surface area contributed by atoms with E-state index in [9.17, 15) is 4.79 Å². The van der Waals surface area contributed by atoms with Crippen LogP contribution in [0.2, 0.25) is 0 Å². The zero-order valence-electron chi connectivity index (χ0n) is 18.2. The van der Waals surface area contributed by atoms with Gasteiger partial charge < -0.3 is 18.9 Å². The Morgan fingerprint density at radius 2 is 2.06 bits per heavy atom. The number of rotatable bonds is 7. The van der Waals surface area contributed by atoms with Crippen molar-refractivity contribution >= 4 is 22.5 Å². The van der Waals surface area contributed by atoms with Crippen LogP contribution in [0.1, 0.15) is 24.6 Å². The molecule has 1 atom stereocenters. The quantitative estimate of drug-likeness (QED) is 0.448. The van der Waals surface area contributed by atoms with E-state index in [4.69, 9.17) is 9.47 Å². The first-order valence-electron chi connectivity index (χ1n) is 11.0. The summed E-state index contributed by atoms with van der Waals surface area (Å²) in [5.41, 5.74) is 1.91. The second kappa shape index (κ2) is 9.00. The number of hydrogen-bond donors (Lipinski definition) is 0. The number of aromatic nitrogens is 4. The molecule has 0 bridgehead atoms. The average molecular weight is 434 g/mol. The van der Waals surface area contributed by atoms with Crippen molar-refractivity contribution in [2.24, 2.45) is 0 Å². The van der Waals surface area contributed by atoms with Gasteiger partial charge in [-0.1, -0.05) is 12.1 Å². The summed E-state index contributed by atoms with van der Waals surface area (Å²) in [7, 11) is 1.70. The highest BCUT2D eigenvalue weighted by Crippen LogP contribution is 2.28. The molecule has 32 heavy (non-hydrogen) atoms. The number of likely N-dealkylation sites (tertiary alicyclic amines) is 1. The lowest BCUT2D eigenvalue weighted by Crippen LogP contribution is -2.42. The third-order valence-electron chi connectivity index (χ3n) is 6.14. The number of piperidine rings is 1. The second-order valence-electron chi connectivity index (χ2n) is 8.15. The van der Waals surface area contributed by atoms with E-state index >= 15 is 0 Å². The Morgan fingerprint density at radius 1 is 1.12 bits per heavy atom. The first-order chi connectivity index (χ1) is 15.7. The smallest absolute Gasteiger partial charge is 0.260 e. The minimum Gasteiger partial charge on any atom is -0.483 e. The summed E-state index contributed by atoms with van der Waals surface area (Å²) in [6, 6.07) is 13.8. The number of ether oxygens (including phenoxy) is 2. The lowest BCUT2D eigenvalue weighted by atomic mass is 9.97. The van der Waals surface area contributed by atoms with Crippen molar-refractivity contribution in [2.75, 3.05) is 33.4 Å². The predicted molar refractivity (Wildman–Crippen MR) is 121 cm³/mol. The van der Waals surface area contributed by atoms with Crippen LogP contribution in [0, 0.1) is 0 Å². The highest BCUT2D eigenvalue weighted by atomic mass is 16.5. The van der Waals surface area contributed by atoms with Crippen molar-refractivity contribution in [3.63, 3.8) is 0 Å². The van der Waals surface area contributed by atoms with Gasteiger partial charge in [0.05, 0.1) is 12.1 Å². The Bertz CT molecular complexity index is 1230. The standard InChI is InChI=1S/C24H27N5O3/c1-31-15-14-27-13-10-19-20(27)7-4-8-21(19)32-17-23(30)28-11-5-6-18(16-28)24-26-25-22-9-2-3-12-29(22)24/h2-4,7-10,12-13,18H,5-6,11,14-17H2,1H3/t18-/m0/s1. The maximum absolute atomic E-state index is 13.0. The van der Waals surface area contributed by atoms with Crippen LogP contribution in [0.4, 0.5) is 0 Å². The molecule has 0 unspecified atom stereocenters. The molecule has 1 aliphatic heterocycles. The Kier molecular flexibility index (Phi) is 5.77. The van der Waals surface area contributed by atoms with E-state index in [0.717, 1.165) is 54.1 Å². The average Bonchev–Trinajstić information content (AvgIpc) is 3.46.